The standard InChI is InChI=1S/C32H31NO10.C32H29NO9/c1-38-21-9-7-18(13-19(21)16-34)27-28-20-14-25(41-4)26(42-5)15-23(20)43-32(37)30(28)33(29(27)31(35)36)11-10-17-6-8-22(39-2)24(12-17)40-3;1-37-21-7-6-17(10-18(21)15-34)27-28-20-13-25(40-4)26(41-5)14-22(20)42-32(36)30(28)33-9-8-16-11-23(38-2)24(39-3)12-19(16)31(35)29(27)33/h6-9,12-15,34H,10-11,16H2,1-5H3,(H,35,36);6-7,10-14,34H,8-9,15H2,1-5H3. The van der Waals surface area contributed by atoms with Crippen LogP contribution in [0.4, 0.5) is 0 Å². The molecule has 1 aliphatic heterocycles. The lowest BCUT2D eigenvalue weighted by molar-refractivity contribution is 0.0686. The SMILES string of the molecule is COc1ccc(-c2c(C(=O)O)n(CCc3ccc(OC)c(OC)c3)c3c(=O)oc4cc(OC)c(OC)cc4c23)cc1CO.COc1ccc(-c2c3n(c4c(=O)oc5cc(OC)c(OC)cc5c24)CCc2cc(OC)c(OC)cc2C3=O)cc1CO. The summed E-state index contributed by atoms with van der Waals surface area (Å²) in [6.07, 6.45) is 0.809. The Morgan fingerprint density at radius 1 is 0.506 bits per heavy atom. The highest BCUT2D eigenvalue weighted by molar-refractivity contribution is 6.23. The highest BCUT2D eigenvalue weighted by Crippen LogP contribution is 2.47. The molecule has 10 aromatic rings. The van der Waals surface area contributed by atoms with E-state index in [4.69, 9.17) is 56.2 Å². The van der Waals surface area contributed by atoms with Crippen molar-refractivity contribution in [3.63, 3.8) is 0 Å². The molecule has 0 amide bonds. The van der Waals surface area contributed by atoms with Gasteiger partial charge in [-0.25, -0.2) is 14.4 Å². The fourth-order valence-electron chi connectivity index (χ4n) is 11.3. The molecule has 0 unspecified atom stereocenters. The van der Waals surface area contributed by atoms with E-state index in [-0.39, 0.29) is 59.0 Å². The van der Waals surface area contributed by atoms with Gasteiger partial charge in [0.05, 0.1) is 90.0 Å². The van der Waals surface area contributed by atoms with Crippen LogP contribution in [0.15, 0.2) is 109 Å². The van der Waals surface area contributed by atoms with Gasteiger partial charge in [0.15, 0.2) is 46.0 Å². The number of aromatic nitrogens is 2. The minimum absolute atomic E-state index is 0.0777. The van der Waals surface area contributed by atoms with Gasteiger partial charge in [0.25, 0.3) is 0 Å². The van der Waals surface area contributed by atoms with Gasteiger partial charge in [0.2, 0.25) is 5.78 Å². The van der Waals surface area contributed by atoms with Gasteiger partial charge in [-0.2, -0.15) is 0 Å². The molecule has 21 heteroatoms. The number of aromatic carboxylic acids is 1. The molecule has 0 aliphatic carbocycles. The van der Waals surface area contributed by atoms with Crippen LogP contribution in [0, 0.1) is 0 Å². The number of carbonyl (C=O) groups excluding carboxylic acids is 1. The lowest BCUT2D eigenvalue weighted by atomic mass is 9.93. The summed E-state index contributed by atoms with van der Waals surface area (Å²) >= 11 is 0. The van der Waals surface area contributed by atoms with Crippen LogP contribution < -0.4 is 58.6 Å². The third kappa shape index (κ3) is 10.1. The Morgan fingerprint density at radius 2 is 0.953 bits per heavy atom. The van der Waals surface area contributed by atoms with Crippen LogP contribution in [0.5, 0.6) is 57.5 Å². The molecule has 0 saturated carbocycles. The highest BCUT2D eigenvalue weighted by atomic mass is 16.5. The summed E-state index contributed by atoms with van der Waals surface area (Å²) in [5.41, 5.74) is 4.64. The van der Waals surface area contributed by atoms with Gasteiger partial charge in [-0.3, -0.25) is 4.79 Å². The number of methoxy groups -OCH3 is 10. The van der Waals surface area contributed by atoms with Crippen molar-refractivity contribution in [1.82, 2.24) is 9.13 Å². The van der Waals surface area contributed by atoms with Gasteiger partial charge in [-0.05, 0) is 95.8 Å². The van der Waals surface area contributed by atoms with E-state index in [0.717, 1.165) is 11.1 Å². The van der Waals surface area contributed by atoms with E-state index in [1.807, 2.05) is 12.1 Å². The van der Waals surface area contributed by atoms with E-state index in [9.17, 15) is 34.5 Å². The number of hydrogen-bond acceptors (Lipinski definition) is 18. The lowest BCUT2D eigenvalue weighted by Gasteiger charge is -2.14. The number of ether oxygens (including phenoxy) is 10. The van der Waals surface area contributed by atoms with Crippen LogP contribution in [-0.4, -0.2) is 107 Å². The smallest absolute Gasteiger partial charge is 0.361 e. The molecule has 0 spiro atoms. The number of carbonyl (C=O) groups is 2. The molecule has 21 nitrogen and oxygen atoms in total. The van der Waals surface area contributed by atoms with E-state index in [1.165, 1.54) is 67.5 Å². The number of ketones is 1. The average Bonchev–Trinajstić information content (AvgIpc) is 2.18. The van der Waals surface area contributed by atoms with E-state index < -0.39 is 17.2 Å². The maximum atomic E-state index is 14.5. The maximum Gasteiger partial charge on any atom is 0.361 e. The minimum atomic E-state index is -1.24. The predicted octanol–water partition coefficient (Wildman–Crippen LogP) is 9.63. The Kier molecular flexibility index (Phi) is 16.4. The molecule has 440 valence electrons. The van der Waals surface area contributed by atoms with Crippen molar-refractivity contribution in [2.24, 2.45) is 0 Å². The van der Waals surface area contributed by atoms with Crippen LogP contribution in [0.1, 0.15) is 48.8 Å². The monoisotopic (exact) mass is 1160 g/mol. The quantitative estimate of drug-likeness (QED) is 0.0675. The topological polar surface area (TPSA) is 257 Å². The summed E-state index contributed by atoms with van der Waals surface area (Å²) in [7, 11) is 15.1. The van der Waals surface area contributed by atoms with Crippen molar-refractivity contribution in [1.29, 1.82) is 0 Å². The van der Waals surface area contributed by atoms with Crippen LogP contribution >= 0.6 is 0 Å². The Balaban J connectivity index is 0.000000189. The zero-order chi connectivity index (χ0) is 60.5. The Morgan fingerprint density at radius 3 is 1.46 bits per heavy atom. The number of hydrogen-bond donors (Lipinski definition) is 3. The number of aliphatic hydroxyl groups is 2. The van der Waals surface area contributed by atoms with Gasteiger partial charge in [0, 0.05) is 74.6 Å². The van der Waals surface area contributed by atoms with E-state index in [1.54, 1.807) is 91.6 Å². The normalized spacial score (nSPS) is 11.8. The van der Waals surface area contributed by atoms with Crippen molar-refractivity contribution in [3.05, 3.63) is 151 Å². The largest absolute Gasteiger partial charge is 0.496 e. The van der Waals surface area contributed by atoms with Crippen molar-refractivity contribution < 1.29 is 81.1 Å². The molecule has 0 atom stereocenters. The molecule has 1 aliphatic rings. The first-order valence-electron chi connectivity index (χ1n) is 26.5. The minimum Gasteiger partial charge on any atom is -0.496 e. The summed E-state index contributed by atoms with van der Waals surface area (Å²) in [4.78, 5) is 54.9. The number of fused-ring (bicyclic) bond motifs is 9. The third-order valence-corrected chi connectivity index (χ3v) is 15.3. The van der Waals surface area contributed by atoms with Gasteiger partial charge in [-0.15, -0.1) is 0 Å². The summed E-state index contributed by atoms with van der Waals surface area (Å²) in [6, 6.07) is 25.7. The molecule has 5 heterocycles. The van der Waals surface area contributed by atoms with Crippen LogP contribution in [-0.2, 0) is 39.1 Å². The Hall–Kier alpha value is -10.1. The van der Waals surface area contributed by atoms with Crippen molar-refractivity contribution >= 4 is 55.5 Å². The highest BCUT2D eigenvalue weighted by Gasteiger charge is 2.34. The van der Waals surface area contributed by atoms with Crippen molar-refractivity contribution in [2.75, 3.05) is 71.1 Å². The predicted molar refractivity (Wildman–Crippen MR) is 315 cm³/mol. The molecule has 0 saturated heterocycles. The summed E-state index contributed by atoms with van der Waals surface area (Å²) < 4.78 is 69.3. The van der Waals surface area contributed by atoms with Crippen LogP contribution in [0.3, 0.4) is 0 Å². The summed E-state index contributed by atoms with van der Waals surface area (Å²) in [5.74, 6) is 2.97. The first kappa shape index (κ1) is 58.1. The van der Waals surface area contributed by atoms with Gasteiger partial charge in [-0.1, -0.05) is 18.2 Å². The molecular formula is C64H60N2O19. The maximum absolute atomic E-state index is 14.5. The number of benzene rings is 6. The van der Waals surface area contributed by atoms with Gasteiger partial charge < -0.3 is 80.7 Å². The Labute approximate surface area is 485 Å². The number of carboxylic acid groups (broad SMARTS) is 1. The molecule has 4 aromatic heterocycles. The lowest BCUT2D eigenvalue weighted by Crippen LogP contribution is -2.14. The van der Waals surface area contributed by atoms with Crippen LogP contribution in [0.25, 0.3) is 66.0 Å². The zero-order valence-electron chi connectivity index (χ0n) is 48.2. The first-order chi connectivity index (χ1) is 41.2. The summed E-state index contributed by atoms with van der Waals surface area (Å²) in [5, 5.41) is 32.7. The second-order valence-corrected chi connectivity index (χ2v) is 19.4. The van der Waals surface area contributed by atoms with Gasteiger partial charge in [0.1, 0.15) is 39.4 Å². The molecule has 0 radical (unpaired) electrons. The number of aliphatic hydroxyl groups excluding tert-OH is 2. The Bertz CT molecular complexity index is 4410. The molecule has 11 rings (SSSR count). The number of rotatable bonds is 18. The molecule has 3 N–H and O–H groups in total. The molecule has 0 fully saturated rings. The van der Waals surface area contributed by atoms with Gasteiger partial charge >= 0.3 is 17.2 Å². The van der Waals surface area contributed by atoms with E-state index >= 15 is 0 Å². The van der Waals surface area contributed by atoms with Crippen molar-refractivity contribution in [2.45, 2.75) is 39.1 Å². The molecule has 85 heavy (non-hydrogen) atoms. The number of aryl methyl sites for hydroxylation is 4. The zero-order valence-corrected chi connectivity index (χ0v) is 48.2. The average molecular weight is 1160 g/mol. The van der Waals surface area contributed by atoms with Crippen molar-refractivity contribution in [3.8, 4) is 79.7 Å². The first-order valence-corrected chi connectivity index (χ1v) is 26.5. The fourth-order valence-corrected chi connectivity index (χ4v) is 11.3. The second kappa shape index (κ2) is 24.0. The number of nitrogens with zero attached hydrogens (tertiary/aromatic N) is 2. The second-order valence-electron chi connectivity index (χ2n) is 19.4. The summed E-state index contributed by atoms with van der Waals surface area (Å²) in [6.45, 7) is -0.176. The molecule has 6 aromatic carbocycles. The van der Waals surface area contributed by atoms with Crippen LogP contribution in [0.2, 0.25) is 0 Å². The molecular weight excluding hydrogens is 1100 g/mol. The van der Waals surface area contributed by atoms with E-state index in [0.29, 0.717) is 138 Å². The molecule has 0 bridgehead atoms. The number of carboxylic acids is 1. The fraction of sp³-hybridized carbons (Fsp3) is 0.250. The third-order valence-electron chi connectivity index (χ3n) is 15.3. The van der Waals surface area contributed by atoms with E-state index in [2.05, 4.69) is 0 Å².